The Morgan fingerprint density at radius 2 is 1.81 bits per heavy atom. The van der Waals surface area contributed by atoms with Gasteiger partial charge in [-0.3, -0.25) is 0 Å². The lowest BCUT2D eigenvalue weighted by Gasteiger charge is -2.21. The molecule has 0 amide bonds. The highest BCUT2D eigenvalue weighted by molar-refractivity contribution is 7.99. The lowest BCUT2D eigenvalue weighted by Crippen LogP contribution is -2.00. The minimum absolute atomic E-state index is 1.15. The van der Waals surface area contributed by atoms with Gasteiger partial charge in [-0.15, -0.1) is 0 Å². The first-order valence-electron chi connectivity index (χ1n) is 5.22. The van der Waals surface area contributed by atoms with Crippen molar-refractivity contribution in [2.24, 2.45) is 0 Å². The summed E-state index contributed by atoms with van der Waals surface area (Å²) in [5, 5.41) is 6.60. The molecule has 3 rings (SSSR count). The van der Waals surface area contributed by atoms with E-state index in [-0.39, 0.29) is 0 Å². The van der Waals surface area contributed by atoms with Gasteiger partial charge in [-0.05, 0) is 30.3 Å². The molecule has 16 heavy (non-hydrogen) atoms. The van der Waals surface area contributed by atoms with E-state index in [1.807, 2.05) is 18.8 Å². The molecule has 0 atom stereocenters. The average molecular weight is 228 g/mol. The normalized spacial score (nSPS) is 12.3. The molecule has 1 aliphatic rings. The largest absolute Gasteiger partial charge is 0.388 e. The predicted octanol–water partition coefficient (Wildman–Crippen LogP) is 3.94. The van der Waals surface area contributed by atoms with Crippen LogP contribution in [-0.4, -0.2) is 7.05 Å². The van der Waals surface area contributed by atoms with E-state index in [9.17, 15) is 0 Å². The van der Waals surface area contributed by atoms with E-state index in [4.69, 9.17) is 0 Å². The highest BCUT2D eigenvalue weighted by Crippen LogP contribution is 2.44. The molecular weight excluding hydrogens is 216 g/mol. The van der Waals surface area contributed by atoms with E-state index in [1.165, 1.54) is 21.2 Å². The van der Waals surface area contributed by atoms with Gasteiger partial charge in [0.05, 0.1) is 11.4 Å². The Balaban J connectivity index is 2.05. The van der Waals surface area contributed by atoms with Crippen LogP contribution in [0.5, 0.6) is 0 Å². The van der Waals surface area contributed by atoms with Crippen molar-refractivity contribution in [1.29, 1.82) is 0 Å². The molecule has 3 heteroatoms. The molecule has 2 nitrogen and oxygen atoms in total. The van der Waals surface area contributed by atoms with Crippen LogP contribution in [0.1, 0.15) is 0 Å². The van der Waals surface area contributed by atoms with E-state index < -0.39 is 0 Å². The van der Waals surface area contributed by atoms with Crippen LogP contribution < -0.4 is 10.6 Å². The SMILES string of the molecule is CNc1ccc2c(c1)Sc1ccccc1N2. The number of anilines is 3. The minimum atomic E-state index is 1.15. The number of fused-ring (bicyclic) bond motifs is 2. The first kappa shape index (κ1) is 9.60. The summed E-state index contributed by atoms with van der Waals surface area (Å²) in [6.07, 6.45) is 0. The lowest BCUT2D eigenvalue weighted by atomic mass is 10.2. The molecule has 80 valence electrons. The topological polar surface area (TPSA) is 24.1 Å². The number of hydrogen-bond donors (Lipinski definition) is 2. The van der Waals surface area contributed by atoms with Gasteiger partial charge >= 0.3 is 0 Å². The van der Waals surface area contributed by atoms with Crippen LogP contribution in [0.3, 0.4) is 0 Å². The zero-order valence-corrected chi connectivity index (χ0v) is 9.77. The van der Waals surface area contributed by atoms with Crippen LogP contribution in [0, 0.1) is 0 Å². The summed E-state index contributed by atoms with van der Waals surface area (Å²) in [5.41, 5.74) is 3.52. The average Bonchev–Trinajstić information content (AvgIpc) is 2.35. The van der Waals surface area contributed by atoms with E-state index in [0.717, 1.165) is 5.69 Å². The molecule has 0 spiro atoms. The second-order valence-corrected chi connectivity index (χ2v) is 4.77. The van der Waals surface area contributed by atoms with Gasteiger partial charge < -0.3 is 10.6 Å². The van der Waals surface area contributed by atoms with Crippen molar-refractivity contribution in [3.8, 4) is 0 Å². The van der Waals surface area contributed by atoms with Crippen LogP contribution in [0.4, 0.5) is 17.1 Å². The quantitative estimate of drug-likeness (QED) is 0.659. The van der Waals surface area contributed by atoms with Gasteiger partial charge in [-0.1, -0.05) is 23.9 Å². The number of hydrogen-bond acceptors (Lipinski definition) is 3. The van der Waals surface area contributed by atoms with Crippen LogP contribution in [0.25, 0.3) is 0 Å². The van der Waals surface area contributed by atoms with Gasteiger partial charge in [0, 0.05) is 22.5 Å². The van der Waals surface area contributed by atoms with Crippen molar-refractivity contribution < 1.29 is 0 Å². The molecule has 0 aromatic heterocycles. The van der Waals surface area contributed by atoms with Gasteiger partial charge in [0.2, 0.25) is 0 Å². The first-order valence-corrected chi connectivity index (χ1v) is 6.04. The maximum absolute atomic E-state index is 3.44. The van der Waals surface area contributed by atoms with E-state index >= 15 is 0 Å². The van der Waals surface area contributed by atoms with Crippen molar-refractivity contribution in [3.63, 3.8) is 0 Å². The molecule has 0 saturated heterocycles. The van der Waals surface area contributed by atoms with E-state index in [1.54, 1.807) is 0 Å². The zero-order chi connectivity index (χ0) is 11.0. The molecular formula is C13H12N2S. The fourth-order valence-electron chi connectivity index (χ4n) is 1.79. The van der Waals surface area contributed by atoms with Crippen molar-refractivity contribution in [2.75, 3.05) is 17.7 Å². The third-order valence-corrected chi connectivity index (χ3v) is 3.78. The minimum Gasteiger partial charge on any atom is -0.388 e. The summed E-state index contributed by atoms with van der Waals surface area (Å²) >= 11 is 1.81. The molecule has 0 saturated carbocycles. The Bertz CT molecular complexity index is 537. The van der Waals surface area contributed by atoms with Crippen LogP contribution in [0.2, 0.25) is 0 Å². The summed E-state index contributed by atoms with van der Waals surface area (Å²) < 4.78 is 0. The van der Waals surface area contributed by atoms with Crippen molar-refractivity contribution >= 4 is 28.8 Å². The molecule has 2 aromatic carbocycles. The summed E-state index contributed by atoms with van der Waals surface area (Å²) in [7, 11) is 1.94. The second kappa shape index (κ2) is 3.76. The van der Waals surface area contributed by atoms with Crippen molar-refractivity contribution in [2.45, 2.75) is 9.79 Å². The number of benzene rings is 2. The summed E-state index contributed by atoms with van der Waals surface area (Å²) in [6, 6.07) is 14.7. The van der Waals surface area contributed by atoms with Gasteiger partial charge in [-0.2, -0.15) is 0 Å². The summed E-state index contributed by atoms with van der Waals surface area (Å²) in [6.45, 7) is 0. The van der Waals surface area contributed by atoms with E-state index in [2.05, 4.69) is 53.1 Å². The summed E-state index contributed by atoms with van der Waals surface area (Å²) in [4.78, 5) is 2.55. The Morgan fingerprint density at radius 1 is 1.00 bits per heavy atom. The van der Waals surface area contributed by atoms with E-state index in [0.29, 0.717) is 0 Å². The first-order chi connectivity index (χ1) is 7.86. The Hall–Kier alpha value is -1.61. The van der Waals surface area contributed by atoms with Gasteiger partial charge in [-0.25, -0.2) is 0 Å². The number of nitrogens with one attached hydrogen (secondary N) is 2. The smallest absolute Gasteiger partial charge is 0.0527 e. The number of para-hydroxylation sites is 1. The predicted molar refractivity (Wildman–Crippen MR) is 69.8 cm³/mol. The van der Waals surface area contributed by atoms with Gasteiger partial charge in [0.25, 0.3) is 0 Å². The molecule has 1 heterocycles. The Kier molecular flexibility index (Phi) is 2.26. The molecule has 0 aliphatic carbocycles. The van der Waals surface area contributed by atoms with Crippen molar-refractivity contribution in [1.82, 2.24) is 0 Å². The fourth-order valence-corrected chi connectivity index (χ4v) is 2.82. The molecule has 0 unspecified atom stereocenters. The lowest BCUT2D eigenvalue weighted by molar-refractivity contribution is 1.31. The van der Waals surface area contributed by atoms with Gasteiger partial charge in [0.1, 0.15) is 0 Å². The summed E-state index contributed by atoms with van der Waals surface area (Å²) in [5.74, 6) is 0. The highest BCUT2D eigenvalue weighted by atomic mass is 32.2. The zero-order valence-electron chi connectivity index (χ0n) is 8.95. The third-order valence-electron chi connectivity index (χ3n) is 2.65. The maximum atomic E-state index is 3.44. The van der Waals surface area contributed by atoms with Gasteiger partial charge in [0.15, 0.2) is 0 Å². The molecule has 0 radical (unpaired) electrons. The van der Waals surface area contributed by atoms with Crippen LogP contribution in [-0.2, 0) is 0 Å². The third kappa shape index (κ3) is 1.53. The molecule has 1 aliphatic heterocycles. The maximum Gasteiger partial charge on any atom is 0.0527 e. The molecule has 0 bridgehead atoms. The standard InChI is InChI=1S/C13H12N2S/c1-14-9-6-7-11-13(8-9)16-12-5-3-2-4-10(12)15-11/h2-8,14-15H,1H3. The molecule has 2 N–H and O–H groups in total. The molecule has 0 fully saturated rings. The Labute approximate surface area is 99.1 Å². The van der Waals surface area contributed by atoms with Crippen molar-refractivity contribution in [3.05, 3.63) is 42.5 Å². The fraction of sp³-hybridized carbons (Fsp3) is 0.0769. The monoisotopic (exact) mass is 228 g/mol. The van der Waals surface area contributed by atoms with Crippen LogP contribution >= 0.6 is 11.8 Å². The van der Waals surface area contributed by atoms with Crippen LogP contribution in [0.15, 0.2) is 52.3 Å². The Morgan fingerprint density at radius 3 is 2.69 bits per heavy atom. The highest BCUT2D eigenvalue weighted by Gasteiger charge is 2.14. The second-order valence-electron chi connectivity index (χ2n) is 3.68. The number of rotatable bonds is 1. The molecule has 2 aromatic rings.